The second-order valence-electron chi connectivity index (χ2n) is 7.86. The van der Waals surface area contributed by atoms with Crippen molar-refractivity contribution in [1.29, 1.82) is 0 Å². The second kappa shape index (κ2) is 9.52. The van der Waals surface area contributed by atoms with Gasteiger partial charge in [0.05, 0.1) is 6.61 Å². The fourth-order valence-electron chi connectivity index (χ4n) is 3.67. The van der Waals surface area contributed by atoms with Gasteiger partial charge in [-0.3, -0.25) is 9.59 Å². The molecule has 12 nitrogen and oxygen atoms in total. The summed E-state index contributed by atoms with van der Waals surface area (Å²) in [5, 5.41) is 59.6. The molecule has 0 aliphatic carbocycles. The van der Waals surface area contributed by atoms with E-state index in [2.05, 4.69) is 0 Å². The molecule has 2 heterocycles. The number of aliphatic hydroxyl groups excluding tert-OH is 4. The largest absolute Gasteiger partial charge is 0.508 e. The number of ether oxygens (including phenoxy) is 3. The average molecular weight is 490 g/mol. The van der Waals surface area contributed by atoms with Crippen molar-refractivity contribution in [3.63, 3.8) is 0 Å². The average Bonchev–Trinajstić information content (AvgIpc) is 2.80. The van der Waals surface area contributed by atoms with E-state index in [1.54, 1.807) is 0 Å². The van der Waals surface area contributed by atoms with E-state index in [0.29, 0.717) is 0 Å². The normalized spacial score (nSPS) is 24.3. The Kier molecular flexibility index (Phi) is 6.65. The molecule has 0 spiro atoms. The van der Waals surface area contributed by atoms with Gasteiger partial charge in [-0.25, -0.2) is 0 Å². The predicted molar refractivity (Wildman–Crippen MR) is 117 cm³/mol. The molecule has 1 aliphatic rings. The highest BCUT2D eigenvalue weighted by Crippen LogP contribution is 2.37. The molecule has 0 saturated carbocycles. The maximum Gasteiger partial charge on any atom is 0.308 e. The summed E-state index contributed by atoms with van der Waals surface area (Å²) in [7, 11) is 0. The number of benzene rings is 2. The summed E-state index contributed by atoms with van der Waals surface area (Å²) >= 11 is 0. The van der Waals surface area contributed by atoms with Crippen LogP contribution in [0.1, 0.15) is 6.92 Å². The molecule has 186 valence electrons. The zero-order chi connectivity index (χ0) is 25.4. The van der Waals surface area contributed by atoms with Crippen molar-refractivity contribution < 1.29 is 54.1 Å². The quantitative estimate of drug-likeness (QED) is 0.207. The van der Waals surface area contributed by atoms with E-state index in [0.717, 1.165) is 13.0 Å². The number of esters is 1. The topological polar surface area (TPSA) is 196 Å². The van der Waals surface area contributed by atoms with E-state index in [-0.39, 0.29) is 33.8 Å². The van der Waals surface area contributed by atoms with Gasteiger partial charge >= 0.3 is 5.97 Å². The number of carbonyl (C=O) groups excluding carboxylic acids is 1. The van der Waals surface area contributed by atoms with E-state index < -0.39 is 60.2 Å². The molecule has 2 aromatic carbocycles. The van der Waals surface area contributed by atoms with Crippen molar-refractivity contribution >= 4 is 16.9 Å². The maximum absolute atomic E-state index is 13.4. The summed E-state index contributed by atoms with van der Waals surface area (Å²) in [6.07, 6.45) is -8.26. The van der Waals surface area contributed by atoms with Crippen molar-refractivity contribution in [3.8, 4) is 34.3 Å². The first-order valence-electron chi connectivity index (χ1n) is 10.4. The molecule has 6 N–H and O–H groups in total. The standard InChI is InChI=1S/C23H22O12/c1-9(25)32-12-6-13(27)16-14(7-12)33-21(10-2-4-11(26)5-3-10)22(18(16)29)35-23-20(31)19(30)17(28)15(8-24)34-23/h2-7,15,17,19-20,23-24,26-28,30-31H,8H2,1H3/t15-,17-,19+,20-,23?/m1/s1. The number of aliphatic hydroxyl groups is 4. The molecule has 3 aromatic rings. The van der Waals surface area contributed by atoms with E-state index in [9.17, 15) is 40.2 Å². The van der Waals surface area contributed by atoms with Gasteiger partial charge in [0.2, 0.25) is 17.5 Å². The zero-order valence-corrected chi connectivity index (χ0v) is 18.2. The molecule has 4 rings (SSSR count). The van der Waals surface area contributed by atoms with E-state index >= 15 is 0 Å². The van der Waals surface area contributed by atoms with Crippen LogP contribution in [0, 0.1) is 0 Å². The highest BCUT2D eigenvalue weighted by Gasteiger charge is 2.45. The lowest BCUT2D eigenvalue weighted by molar-refractivity contribution is -0.277. The molecule has 1 aliphatic heterocycles. The Morgan fingerprint density at radius 1 is 1.03 bits per heavy atom. The summed E-state index contributed by atoms with van der Waals surface area (Å²) in [6, 6.07) is 7.65. The fraction of sp³-hybridized carbons (Fsp3) is 0.304. The third-order valence-corrected chi connectivity index (χ3v) is 5.38. The number of hydrogen-bond acceptors (Lipinski definition) is 12. The van der Waals surface area contributed by atoms with E-state index in [4.69, 9.17) is 18.6 Å². The van der Waals surface area contributed by atoms with Crippen LogP contribution in [0.2, 0.25) is 0 Å². The number of carbonyl (C=O) groups is 1. The van der Waals surface area contributed by atoms with Gasteiger partial charge in [0.15, 0.2) is 5.76 Å². The highest BCUT2D eigenvalue weighted by atomic mass is 16.7. The molecule has 0 radical (unpaired) electrons. The second-order valence-corrected chi connectivity index (χ2v) is 7.86. The molecule has 1 aromatic heterocycles. The Morgan fingerprint density at radius 2 is 1.71 bits per heavy atom. The summed E-state index contributed by atoms with van der Waals surface area (Å²) in [5.41, 5.74) is -0.840. The van der Waals surface area contributed by atoms with Crippen molar-refractivity contribution in [2.45, 2.75) is 37.6 Å². The first-order valence-corrected chi connectivity index (χ1v) is 10.4. The summed E-state index contributed by atoms with van der Waals surface area (Å²) in [6.45, 7) is 0.429. The minimum Gasteiger partial charge on any atom is -0.508 e. The van der Waals surface area contributed by atoms with Gasteiger partial charge < -0.3 is 49.3 Å². The van der Waals surface area contributed by atoms with Crippen LogP contribution in [-0.4, -0.2) is 73.9 Å². The Hall–Kier alpha value is -3.68. The first-order chi connectivity index (χ1) is 16.6. The number of aromatic hydroxyl groups is 2. The SMILES string of the molecule is CC(=O)Oc1cc(O)c2c(=O)c(OC3O[C@H](CO)[C@@H](O)[C@H](O)[C@H]3O)c(-c3ccc(O)cc3)oc2c1. The number of phenols is 2. The maximum atomic E-state index is 13.4. The van der Waals surface area contributed by atoms with Crippen molar-refractivity contribution in [2.75, 3.05) is 6.61 Å². The number of phenolic OH excluding ortho intramolecular Hbond substituents is 2. The summed E-state index contributed by atoms with van der Waals surface area (Å²) < 4.78 is 21.7. The lowest BCUT2D eigenvalue weighted by Gasteiger charge is -2.39. The van der Waals surface area contributed by atoms with Crippen LogP contribution in [-0.2, 0) is 9.53 Å². The number of hydrogen-bond donors (Lipinski definition) is 6. The molecular formula is C23H22O12. The molecule has 1 unspecified atom stereocenters. The Balaban J connectivity index is 1.89. The lowest BCUT2D eigenvalue weighted by atomic mass is 9.99. The van der Waals surface area contributed by atoms with E-state index in [1.165, 1.54) is 30.3 Å². The molecule has 0 amide bonds. The Morgan fingerprint density at radius 3 is 2.34 bits per heavy atom. The zero-order valence-electron chi connectivity index (χ0n) is 18.2. The smallest absolute Gasteiger partial charge is 0.308 e. The van der Waals surface area contributed by atoms with Gasteiger partial charge in [0, 0.05) is 24.6 Å². The summed E-state index contributed by atoms with van der Waals surface area (Å²) in [4.78, 5) is 24.7. The first kappa shape index (κ1) is 24.4. The van der Waals surface area contributed by atoms with Gasteiger partial charge in [0.25, 0.3) is 0 Å². The van der Waals surface area contributed by atoms with Crippen LogP contribution in [0.3, 0.4) is 0 Å². The monoisotopic (exact) mass is 490 g/mol. The minimum atomic E-state index is -1.82. The molecule has 1 fully saturated rings. The van der Waals surface area contributed by atoms with Crippen LogP contribution < -0.4 is 14.9 Å². The third-order valence-electron chi connectivity index (χ3n) is 5.38. The Labute approximate surface area is 196 Å². The minimum absolute atomic E-state index is 0.0805. The molecule has 1 saturated heterocycles. The third kappa shape index (κ3) is 4.65. The number of fused-ring (bicyclic) bond motifs is 1. The van der Waals surface area contributed by atoms with Gasteiger partial charge in [0.1, 0.15) is 52.6 Å². The molecule has 12 heteroatoms. The van der Waals surface area contributed by atoms with Crippen LogP contribution >= 0.6 is 0 Å². The van der Waals surface area contributed by atoms with Crippen LogP contribution in [0.25, 0.3) is 22.3 Å². The summed E-state index contributed by atoms with van der Waals surface area (Å²) in [5.74, 6) is -2.19. The van der Waals surface area contributed by atoms with Gasteiger partial charge in [-0.2, -0.15) is 0 Å². The Bertz CT molecular complexity index is 1300. The fourth-order valence-corrected chi connectivity index (χ4v) is 3.67. The van der Waals surface area contributed by atoms with E-state index in [1.807, 2.05) is 0 Å². The lowest BCUT2D eigenvalue weighted by Crippen LogP contribution is -2.60. The molecule has 5 atom stereocenters. The highest BCUT2D eigenvalue weighted by molar-refractivity contribution is 5.89. The van der Waals surface area contributed by atoms with Crippen molar-refractivity contribution in [3.05, 3.63) is 46.6 Å². The van der Waals surface area contributed by atoms with Crippen LogP contribution in [0.4, 0.5) is 0 Å². The van der Waals surface area contributed by atoms with Gasteiger partial charge in [-0.1, -0.05) is 0 Å². The predicted octanol–water partition coefficient (Wildman–Crippen LogP) is -0.0248. The number of rotatable bonds is 5. The molecule has 0 bridgehead atoms. The van der Waals surface area contributed by atoms with Crippen LogP contribution in [0.15, 0.2) is 45.6 Å². The van der Waals surface area contributed by atoms with Gasteiger partial charge in [-0.15, -0.1) is 0 Å². The van der Waals surface area contributed by atoms with Crippen molar-refractivity contribution in [1.82, 2.24) is 0 Å². The van der Waals surface area contributed by atoms with Gasteiger partial charge in [-0.05, 0) is 24.3 Å². The molecular weight excluding hydrogens is 468 g/mol. The molecule has 35 heavy (non-hydrogen) atoms. The van der Waals surface area contributed by atoms with Crippen LogP contribution in [0.5, 0.6) is 23.0 Å². The van der Waals surface area contributed by atoms with Crippen molar-refractivity contribution in [2.24, 2.45) is 0 Å².